The van der Waals surface area contributed by atoms with E-state index in [1.54, 1.807) is 20.3 Å². The highest BCUT2D eigenvalue weighted by molar-refractivity contribution is 5.92. The molecule has 10 atom stereocenters. The van der Waals surface area contributed by atoms with Crippen LogP contribution in [0.5, 0.6) is 0 Å². The van der Waals surface area contributed by atoms with E-state index in [2.05, 4.69) is 27.7 Å². The number of carbonyl (C=O) groups excluding carboxylic acids is 3. The summed E-state index contributed by atoms with van der Waals surface area (Å²) >= 11 is 0. The van der Waals surface area contributed by atoms with E-state index in [4.69, 9.17) is 18.9 Å². The zero-order valence-electron chi connectivity index (χ0n) is 21.2. The summed E-state index contributed by atoms with van der Waals surface area (Å²) in [5.74, 6) is -0.539. The van der Waals surface area contributed by atoms with E-state index in [9.17, 15) is 14.4 Å². The van der Waals surface area contributed by atoms with Crippen molar-refractivity contribution in [3.63, 3.8) is 0 Å². The Labute approximate surface area is 201 Å². The second-order valence-corrected chi connectivity index (χ2v) is 11.8. The van der Waals surface area contributed by atoms with Crippen LogP contribution < -0.4 is 0 Å². The van der Waals surface area contributed by atoms with Crippen LogP contribution in [0, 0.1) is 34.0 Å². The number of Topliss-reactive ketones (excluding diaryl/α,β-unsaturated/α-hetero) is 1. The van der Waals surface area contributed by atoms with Crippen molar-refractivity contribution in [2.24, 2.45) is 34.0 Å². The summed E-state index contributed by atoms with van der Waals surface area (Å²) in [4.78, 5) is 39.1. The number of esters is 2. The van der Waals surface area contributed by atoms with Crippen LogP contribution in [0.3, 0.4) is 0 Å². The first-order valence-corrected chi connectivity index (χ1v) is 12.3. The van der Waals surface area contributed by atoms with Gasteiger partial charge in [0.25, 0.3) is 0 Å². The van der Waals surface area contributed by atoms with Crippen LogP contribution in [0.4, 0.5) is 0 Å². The zero-order chi connectivity index (χ0) is 24.8. The third-order valence-electron chi connectivity index (χ3n) is 10.2. The van der Waals surface area contributed by atoms with Crippen molar-refractivity contribution in [1.82, 2.24) is 0 Å². The summed E-state index contributed by atoms with van der Waals surface area (Å²) in [5.41, 5.74) is -0.267. The quantitative estimate of drug-likeness (QED) is 0.582. The van der Waals surface area contributed by atoms with Gasteiger partial charge < -0.3 is 18.9 Å². The van der Waals surface area contributed by atoms with Crippen molar-refractivity contribution in [3.05, 3.63) is 23.3 Å². The molecule has 3 aliphatic carbocycles. The average molecular weight is 473 g/mol. The summed E-state index contributed by atoms with van der Waals surface area (Å²) in [5, 5.41) is 0. The van der Waals surface area contributed by atoms with Gasteiger partial charge in [-0.3, -0.25) is 4.79 Å². The van der Waals surface area contributed by atoms with Crippen molar-refractivity contribution >= 4 is 17.7 Å². The van der Waals surface area contributed by atoms with E-state index in [0.29, 0.717) is 19.3 Å². The number of hydrogen-bond acceptors (Lipinski definition) is 7. The predicted molar refractivity (Wildman–Crippen MR) is 123 cm³/mol. The third-order valence-corrected chi connectivity index (χ3v) is 10.2. The second-order valence-electron chi connectivity index (χ2n) is 11.8. The van der Waals surface area contributed by atoms with Gasteiger partial charge >= 0.3 is 11.9 Å². The number of cyclic esters (lactones) is 1. The van der Waals surface area contributed by atoms with Gasteiger partial charge in [-0.05, 0) is 49.2 Å². The van der Waals surface area contributed by atoms with E-state index in [1.165, 1.54) is 6.08 Å². The van der Waals surface area contributed by atoms with Gasteiger partial charge in [-0.15, -0.1) is 0 Å². The Morgan fingerprint density at radius 3 is 2.21 bits per heavy atom. The fourth-order valence-electron chi connectivity index (χ4n) is 8.85. The first-order valence-electron chi connectivity index (χ1n) is 12.3. The van der Waals surface area contributed by atoms with Gasteiger partial charge in [-0.1, -0.05) is 27.7 Å². The number of ketones is 1. The van der Waals surface area contributed by atoms with Gasteiger partial charge in [0.15, 0.2) is 5.78 Å². The van der Waals surface area contributed by atoms with Gasteiger partial charge in [-0.2, -0.15) is 0 Å². The van der Waals surface area contributed by atoms with E-state index < -0.39 is 28.5 Å². The molecule has 0 radical (unpaired) electrons. The molecule has 186 valence electrons. The maximum atomic E-state index is 14.0. The minimum Gasteiger partial charge on any atom is -0.458 e. The second kappa shape index (κ2) is 7.50. The van der Waals surface area contributed by atoms with Gasteiger partial charge in [0.2, 0.25) is 0 Å². The smallest absolute Gasteiger partial charge is 0.331 e. The number of carbonyl (C=O) groups is 3. The van der Waals surface area contributed by atoms with E-state index in [-0.39, 0.29) is 47.7 Å². The monoisotopic (exact) mass is 472 g/mol. The number of ether oxygens (including phenoxy) is 4. The summed E-state index contributed by atoms with van der Waals surface area (Å²) in [7, 11) is 3.29. The van der Waals surface area contributed by atoms with E-state index in [1.807, 2.05) is 6.92 Å². The number of rotatable bonds is 3. The van der Waals surface area contributed by atoms with Crippen LogP contribution in [0.2, 0.25) is 0 Å². The minimum absolute atomic E-state index is 0.0505. The molecule has 0 saturated heterocycles. The molecule has 3 fully saturated rings. The Kier molecular flexibility index (Phi) is 5.24. The summed E-state index contributed by atoms with van der Waals surface area (Å²) in [6.07, 6.45) is 3.31. The van der Waals surface area contributed by atoms with Gasteiger partial charge in [0.1, 0.15) is 18.3 Å². The minimum atomic E-state index is -0.703. The van der Waals surface area contributed by atoms with Gasteiger partial charge in [0, 0.05) is 48.5 Å². The zero-order valence-corrected chi connectivity index (χ0v) is 21.2. The molecule has 0 bridgehead atoms. The first kappa shape index (κ1) is 23.7. The predicted octanol–water partition coefficient (Wildman–Crippen LogP) is 3.41. The van der Waals surface area contributed by atoms with Crippen molar-refractivity contribution in [1.29, 1.82) is 0 Å². The maximum absolute atomic E-state index is 14.0. The number of methoxy groups -OCH3 is 2. The molecule has 0 N–H and O–H groups in total. The van der Waals surface area contributed by atoms with Crippen LogP contribution >= 0.6 is 0 Å². The highest BCUT2D eigenvalue weighted by Crippen LogP contribution is 2.70. The van der Waals surface area contributed by atoms with Crippen LogP contribution in [0.1, 0.15) is 53.9 Å². The normalized spacial score (nSPS) is 50.0. The van der Waals surface area contributed by atoms with Crippen molar-refractivity contribution in [3.8, 4) is 0 Å². The molecule has 0 amide bonds. The molecule has 5 rings (SSSR count). The molecule has 5 aliphatic rings. The topological polar surface area (TPSA) is 88.1 Å². The molecule has 7 nitrogen and oxygen atoms in total. The molecule has 0 unspecified atom stereocenters. The fraction of sp³-hybridized carbons (Fsp3) is 0.741. The lowest BCUT2D eigenvalue weighted by atomic mass is 9.37. The van der Waals surface area contributed by atoms with Crippen molar-refractivity contribution in [2.45, 2.75) is 78.3 Å². The molecular formula is C27H36O7. The molecule has 0 aromatic rings. The van der Waals surface area contributed by atoms with Crippen LogP contribution in [0.15, 0.2) is 23.3 Å². The van der Waals surface area contributed by atoms with Crippen LogP contribution in [-0.4, -0.2) is 56.4 Å². The summed E-state index contributed by atoms with van der Waals surface area (Å²) in [6.45, 7) is 10.3. The molecule has 0 aromatic heterocycles. The molecule has 3 saturated carbocycles. The Balaban J connectivity index is 1.72. The lowest BCUT2D eigenvalue weighted by molar-refractivity contribution is -0.232. The Bertz CT molecular complexity index is 1010. The maximum Gasteiger partial charge on any atom is 0.331 e. The molecule has 2 aliphatic heterocycles. The fourth-order valence-corrected chi connectivity index (χ4v) is 8.85. The number of hydrogen-bond donors (Lipinski definition) is 0. The SMILES string of the molecule is CO[C@H]1C[C@@H](C)[C@@H]2C[C@@H]3OC(=O)C=C4[C@@]3(C)[C@H]([C@@H](OC)C[C@@]4(C)[C@H]3OC(=O)C=C3C)[C@@]2(C)C1=O. The van der Waals surface area contributed by atoms with E-state index in [0.717, 1.165) is 11.1 Å². The lowest BCUT2D eigenvalue weighted by Gasteiger charge is -2.68. The highest BCUT2D eigenvalue weighted by Gasteiger charge is 2.73. The van der Waals surface area contributed by atoms with Crippen molar-refractivity contribution < 1.29 is 33.3 Å². The molecule has 0 aromatic carbocycles. The highest BCUT2D eigenvalue weighted by atomic mass is 16.6. The molecule has 2 heterocycles. The molecule has 34 heavy (non-hydrogen) atoms. The summed E-state index contributed by atoms with van der Waals surface area (Å²) < 4.78 is 23.7. The average Bonchev–Trinajstić information content (AvgIpc) is 3.12. The van der Waals surface area contributed by atoms with Gasteiger partial charge in [-0.25, -0.2) is 9.59 Å². The van der Waals surface area contributed by atoms with Crippen LogP contribution in [0.25, 0.3) is 0 Å². The molecule has 7 heteroatoms. The van der Waals surface area contributed by atoms with Gasteiger partial charge in [0.05, 0.1) is 6.10 Å². The van der Waals surface area contributed by atoms with Crippen molar-refractivity contribution in [2.75, 3.05) is 14.2 Å². The Morgan fingerprint density at radius 2 is 1.62 bits per heavy atom. The summed E-state index contributed by atoms with van der Waals surface area (Å²) in [6, 6.07) is 0. The lowest BCUT2D eigenvalue weighted by Crippen LogP contribution is -2.72. The molecular weight excluding hydrogens is 436 g/mol. The van der Waals surface area contributed by atoms with Crippen LogP contribution in [-0.2, 0) is 33.3 Å². The van der Waals surface area contributed by atoms with E-state index >= 15 is 0 Å². The Hall–Kier alpha value is -1.99. The first-order chi connectivity index (χ1) is 15.9. The Morgan fingerprint density at radius 1 is 0.941 bits per heavy atom. The molecule has 0 spiro atoms. The third kappa shape index (κ3) is 2.80. The number of fused-ring (bicyclic) bond motifs is 2. The largest absolute Gasteiger partial charge is 0.458 e. The standard InChI is InChI=1S/C27H36O7/c1-13-8-16(31-6)23(30)26(4)15(13)10-19-27(5)18(11-21(29)33-19)25(3,12-17(32-7)22(26)27)24-14(2)9-20(28)34-24/h9,11,13,15-17,19,22,24H,8,10,12H2,1-7H3/t13-,15+,16+,17+,19+,22-,24+,25-,26+,27-/m1/s1.